The average Bonchev–Trinajstić information content (AvgIpc) is 2.86. The summed E-state index contributed by atoms with van der Waals surface area (Å²) in [6.07, 6.45) is 3.27. The van der Waals surface area contributed by atoms with Crippen LogP contribution in [0.2, 0.25) is 0 Å². The number of pyridine rings is 1. The third-order valence-corrected chi connectivity index (χ3v) is 5.57. The van der Waals surface area contributed by atoms with E-state index in [4.69, 9.17) is 9.72 Å². The van der Waals surface area contributed by atoms with E-state index in [0.29, 0.717) is 6.61 Å². The first-order valence-electron chi connectivity index (χ1n) is 9.58. The maximum atomic E-state index is 5.90. The average molecular weight is 429 g/mol. The van der Waals surface area contributed by atoms with Crippen molar-refractivity contribution in [1.29, 1.82) is 0 Å². The highest BCUT2D eigenvalue weighted by Crippen LogP contribution is 2.34. The lowest BCUT2D eigenvalue weighted by Crippen LogP contribution is -2.28. The zero-order valence-electron chi connectivity index (χ0n) is 15.6. The molecule has 0 bridgehead atoms. The predicted molar refractivity (Wildman–Crippen MR) is 112 cm³/mol. The first kappa shape index (κ1) is 18.5. The van der Waals surface area contributed by atoms with E-state index in [1.165, 1.54) is 12.1 Å². The minimum absolute atomic E-state index is 0.640. The Morgan fingerprint density at radius 2 is 2.04 bits per heavy atom. The van der Waals surface area contributed by atoms with E-state index in [1.807, 2.05) is 25.1 Å². The van der Waals surface area contributed by atoms with Crippen molar-refractivity contribution in [2.24, 2.45) is 0 Å². The summed E-state index contributed by atoms with van der Waals surface area (Å²) in [4.78, 5) is 7.52. The number of halogens is 1. The van der Waals surface area contributed by atoms with Crippen molar-refractivity contribution in [2.45, 2.75) is 19.9 Å². The molecule has 1 aliphatic heterocycles. The van der Waals surface area contributed by atoms with Crippen molar-refractivity contribution < 1.29 is 4.74 Å². The second kappa shape index (κ2) is 8.42. The van der Waals surface area contributed by atoms with Gasteiger partial charge in [-0.25, -0.2) is 4.98 Å². The van der Waals surface area contributed by atoms with Crippen molar-refractivity contribution in [2.75, 3.05) is 32.8 Å². The third-order valence-electron chi connectivity index (χ3n) is 4.95. The van der Waals surface area contributed by atoms with Crippen molar-refractivity contribution >= 4 is 21.6 Å². The topological polar surface area (TPSA) is 41.8 Å². The number of rotatable bonds is 5. The Balaban J connectivity index is 1.83. The highest BCUT2D eigenvalue weighted by Gasteiger charge is 2.21. The van der Waals surface area contributed by atoms with E-state index in [0.717, 1.165) is 59.9 Å². The van der Waals surface area contributed by atoms with Crippen LogP contribution in [0, 0.1) is 0 Å². The Bertz CT molecular complexity index is 916. The minimum Gasteiger partial charge on any atom is -0.493 e. The molecule has 1 N–H and O–H groups in total. The fourth-order valence-corrected chi connectivity index (χ4v) is 4.10. The van der Waals surface area contributed by atoms with E-state index in [1.54, 1.807) is 0 Å². The Morgan fingerprint density at radius 1 is 1.15 bits per heavy atom. The first-order valence-corrected chi connectivity index (χ1v) is 10.4. The minimum atomic E-state index is 0.640. The molecule has 0 atom stereocenters. The third kappa shape index (κ3) is 3.88. The summed E-state index contributed by atoms with van der Waals surface area (Å²) in [5.74, 6) is 0.887. The molecule has 1 aromatic carbocycles. The molecule has 3 heterocycles. The largest absolute Gasteiger partial charge is 0.493 e. The summed E-state index contributed by atoms with van der Waals surface area (Å²) in [5.41, 5.74) is 4.21. The van der Waals surface area contributed by atoms with Gasteiger partial charge in [0.05, 0.1) is 22.5 Å². The van der Waals surface area contributed by atoms with Crippen LogP contribution in [0.4, 0.5) is 0 Å². The number of ether oxygens (including phenoxy) is 1. The molecule has 0 amide bonds. The molecule has 3 aromatic rings. The highest BCUT2D eigenvalue weighted by molar-refractivity contribution is 9.10. The molecular weight excluding hydrogens is 404 g/mol. The van der Waals surface area contributed by atoms with E-state index in [9.17, 15) is 0 Å². The zero-order valence-corrected chi connectivity index (χ0v) is 17.2. The van der Waals surface area contributed by atoms with Crippen LogP contribution in [0.3, 0.4) is 0 Å². The predicted octanol–water partition coefficient (Wildman–Crippen LogP) is 3.96. The number of hydrogen-bond donors (Lipinski definition) is 1. The Hall–Kier alpha value is -1.89. The summed E-state index contributed by atoms with van der Waals surface area (Å²) in [6, 6.07) is 12.3. The van der Waals surface area contributed by atoms with Crippen molar-refractivity contribution in [3.63, 3.8) is 0 Å². The molecule has 1 fully saturated rings. The van der Waals surface area contributed by atoms with Gasteiger partial charge in [-0.2, -0.15) is 0 Å². The second-order valence-corrected chi connectivity index (χ2v) is 7.62. The van der Waals surface area contributed by atoms with Gasteiger partial charge in [-0.3, -0.25) is 4.90 Å². The van der Waals surface area contributed by atoms with E-state index >= 15 is 0 Å². The van der Waals surface area contributed by atoms with Gasteiger partial charge in [0.2, 0.25) is 0 Å². The summed E-state index contributed by atoms with van der Waals surface area (Å²) in [5, 5.41) is 3.48. The molecule has 0 aliphatic carbocycles. The van der Waals surface area contributed by atoms with Crippen molar-refractivity contribution in [3.8, 4) is 17.0 Å². The van der Waals surface area contributed by atoms with Gasteiger partial charge in [0.1, 0.15) is 5.75 Å². The Morgan fingerprint density at radius 3 is 2.93 bits per heavy atom. The van der Waals surface area contributed by atoms with Crippen LogP contribution in [0.25, 0.3) is 16.9 Å². The number of nitrogens with zero attached hydrogens (tertiary/aromatic N) is 3. The lowest BCUT2D eigenvalue weighted by atomic mass is 10.1. The van der Waals surface area contributed by atoms with Crippen molar-refractivity contribution in [1.82, 2.24) is 19.6 Å². The standard InChI is InChI=1S/C21H25BrN4O/c1-2-27-19-9-4-3-7-16(19)20-18(15-25-12-6-10-23-11-14-25)26-13-5-8-17(22)21(26)24-20/h3-5,7-9,13,23H,2,6,10-12,14-15H2,1H3. The van der Waals surface area contributed by atoms with Gasteiger partial charge in [-0.05, 0) is 66.6 Å². The number of fused-ring (bicyclic) bond motifs is 1. The summed E-state index contributed by atoms with van der Waals surface area (Å²) < 4.78 is 9.11. The summed E-state index contributed by atoms with van der Waals surface area (Å²) >= 11 is 3.67. The smallest absolute Gasteiger partial charge is 0.152 e. The van der Waals surface area contributed by atoms with E-state index in [-0.39, 0.29) is 0 Å². The maximum absolute atomic E-state index is 5.90. The van der Waals surface area contributed by atoms with Crippen LogP contribution in [0.1, 0.15) is 19.0 Å². The van der Waals surface area contributed by atoms with Gasteiger partial charge in [0.15, 0.2) is 5.65 Å². The molecule has 0 saturated carbocycles. The number of hydrogen-bond acceptors (Lipinski definition) is 4. The van der Waals surface area contributed by atoms with Crippen LogP contribution in [0.15, 0.2) is 47.1 Å². The van der Waals surface area contributed by atoms with Gasteiger partial charge in [0, 0.05) is 31.4 Å². The molecule has 1 aliphatic rings. The first-order chi connectivity index (χ1) is 13.3. The second-order valence-electron chi connectivity index (χ2n) is 6.77. The van der Waals surface area contributed by atoms with Crippen LogP contribution >= 0.6 is 15.9 Å². The van der Waals surface area contributed by atoms with Crippen LogP contribution in [0.5, 0.6) is 5.75 Å². The van der Waals surface area contributed by atoms with Crippen LogP contribution in [-0.2, 0) is 6.54 Å². The zero-order chi connectivity index (χ0) is 18.6. The molecule has 4 rings (SSSR count). The molecule has 1 saturated heterocycles. The molecule has 0 unspecified atom stereocenters. The summed E-state index contributed by atoms with van der Waals surface area (Å²) in [7, 11) is 0. The molecule has 27 heavy (non-hydrogen) atoms. The molecule has 0 spiro atoms. The monoisotopic (exact) mass is 428 g/mol. The summed E-state index contributed by atoms with van der Waals surface area (Å²) in [6.45, 7) is 7.80. The number of aromatic nitrogens is 2. The number of benzene rings is 1. The Labute approximate surface area is 168 Å². The molecule has 2 aromatic heterocycles. The Kier molecular flexibility index (Phi) is 5.76. The van der Waals surface area contributed by atoms with Crippen LogP contribution < -0.4 is 10.1 Å². The van der Waals surface area contributed by atoms with Crippen molar-refractivity contribution in [3.05, 3.63) is 52.8 Å². The lowest BCUT2D eigenvalue weighted by molar-refractivity contribution is 0.280. The van der Waals surface area contributed by atoms with Gasteiger partial charge < -0.3 is 14.5 Å². The van der Waals surface area contributed by atoms with E-state index in [2.05, 4.69) is 54.9 Å². The van der Waals surface area contributed by atoms with Gasteiger partial charge in [-0.15, -0.1) is 0 Å². The molecule has 142 valence electrons. The molecular formula is C21H25BrN4O. The molecule has 0 radical (unpaired) electrons. The normalized spacial score (nSPS) is 15.8. The SMILES string of the molecule is CCOc1ccccc1-c1nc2c(Br)cccn2c1CN1CCCNCC1. The highest BCUT2D eigenvalue weighted by atomic mass is 79.9. The number of imidazole rings is 1. The van der Waals surface area contributed by atoms with Gasteiger partial charge >= 0.3 is 0 Å². The number of para-hydroxylation sites is 1. The molecule has 6 heteroatoms. The van der Waals surface area contributed by atoms with E-state index < -0.39 is 0 Å². The van der Waals surface area contributed by atoms with Crippen LogP contribution in [-0.4, -0.2) is 47.1 Å². The fourth-order valence-electron chi connectivity index (χ4n) is 3.67. The molecule has 5 nitrogen and oxygen atoms in total. The lowest BCUT2D eigenvalue weighted by Gasteiger charge is -2.20. The fraction of sp³-hybridized carbons (Fsp3) is 0.381. The van der Waals surface area contributed by atoms with Gasteiger partial charge in [0.25, 0.3) is 0 Å². The maximum Gasteiger partial charge on any atom is 0.152 e. The number of nitrogens with one attached hydrogen (secondary N) is 1. The van der Waals surface area contributed by atoms with Gasteiger partial charge in [-0.1, -0.05) is 12.1 Å². The quantitative estimate of drug-likeness (QED) is 0.667.